The van der Waals surface area contributed by atoms with Crippen LogP contribution >= 0.6 is 0 Å². The summed E-state index contributed by atoms with van der Waals surface area (Å²) < 4.78 is 29.6. The number of terminal acetylenes is 2. The van der Waals surface area contributed by atoms with E-state index in [1.165, 1.54) is 37.4 Å². The first kappa shape index (κ1) is 26.4. The third kappa shape index (κ3) is 6.59. The van der Waals surface area contributed by atoms with Crippen LogP contribution in [0.2, 0.25) is 0 Å². The SMILES string of the molecule is C#CC(=O)Nc1cc(OC)c(OCCCN(C(=O)C#C)C(=O)c2ccccc2F)cc1C(=O)OC. The highest BCUT2D eigenvalue weighted by molar-refractivity contribution is 6.10. The summed E-state index contributed by atoms with van der Waals surface area (Å²) in [6.07, 6.45) is 10.3. The zero-order valence-electron chi connectivity index (χ0n) is 18.9. The van der Waals surface area contributed by atoms with Crippen molar-refractivity contribution in [3.8, 4) is 36.2 Å². The number of ether oxygens (including phenoxy) is 3. The summed E-state index contributed by atoms with van der Waals surface area (Å²) >= 11 is 0. The predicted octanol–water partition coefficient (Wildman–Crippen LogP) is 2.26. The molecule has 0 bridgehead atoms. The van der Waals surface area contributed by atoms with Crippen LogP contribution in [0.25, 0.3) is 0 Å². The van der Waals surface area contributed by atoms with E-state index in [4.69, 9.17) is 27.1 Å². The molecule has 0 saturated carbocycles. The smallest absolute Gasteiger partial charge is 0.340 e. The van der Waals surface area contributed by atoms with Gasteiger partial charge < -0.3 is 19.5 Å². The minimum Gasteiger partial charge on any atom is -0.493 e. The second kappa shape index (κ2) is 12.4. The summed E-state index contributed by atoms with van der Waals surface area (Å²) in [6.45, 7) is -0.218. The minimum absolute atomic E-state index is 0.0466. The van der Waals surface area contributed by atoms with Crippen LogP contribution in [0.15, 0.2) is 36.4 Å². The van der Waals surface area contributed by atoms with E-state index in [0.29, 0.717) is 0 Å². The highest BCUT2D eigenvalue weighted by atomic mass is 19.1. The van der Waals surface area contributed by atoms with Crippen LogP contribution in [0.3, 0.4) is 0 Å². The lowest BCUT2D eigenvalue weighted by Crippen LogP contribution is -2.37. The predicted molar refractivity (Wildman–Crippen MR) is 123 cm³/mol. The number of anilines is 1. The zero-order chi connectivity index (χ0) is 26.0. The molecule has 9 nitrogen and oxygen atoms in total. The summed E-state index contributed by atoms with van der Waals surface area (Å²) in [5.41, 5.74) is -0.304. The summed E-state index contributed by atoms with van der Waals surface area (Å²) in [4.78, 5) is 49.2. The normalized spacial score (nSPS) is 9.74. The van der Waals surface area contributed by atoms with E-state index in [2.05, 4.69) is 5.32 Å². The average molecular weight is 480 g/mol. The number of imide groups is 1. The number of carbonyl (C=O) groups is 4. The first-order valence-corrected chi connectivity index (χ1v) is 10.0. The number of amides is 3. The maximum atomic E-state index is 14.0. The van der Waals surface area contributed by atoms with Crippen LogP contribution in [-0.2, 0) is 14.3 Å². The monoisotopic (exact) mass is 480 g/mol. The van der Waals surface area contributed by atoms with Gasteiger partial charge in [0.05, 0.1) is 37.6 Å². The van der Waals surface area contributed by atoms with Crippen LogP contribution in [0.4, 0.5) is 10.1 Å². The quantitative estimate of drug-likeness (QED) is 0.333. The Morgan fingerprint density at radius 2 is 1.74 bits per heavy atom. The number of hydrogen-bond donors (Lipinski definition) is 1. The Balaban J connectivity index is 2.19. The summed E-state index contributed by atoms with van der Waals surface area (Å²) in [5.74, 6) is -0.182. The lowest BCUT2D eigenvalue weighted by atomic mass is 10.1. The number of carbonyl (C=O) groups excluding carboxylic acids is 4. The molecule has 0 saturated heterocycles. The van der Waals surface area contributed by atoms with Crippen molar-refractivity contribution in [1.82, 2.24) is 4.90 Å². The van der Waals surface area contributed by atoms with Gasteiger partial charge in [-0.15, -0.1) is 12.8 Å². The van der Waals surface area contributed by atoms with Gasteiger partial charge in [0.2, 0.25) is 0 Å². The van der Waals surface area contributed by atoms with Gasteiger partial charge in [-0.25, -0.2) is 9.18 Å². The maximum absolute atomic E-state index is 14.0. The van der Waals surface area contributed by atoms with Gasteiger partial charge in [-0.2, -0.15) is 0 Å². The molecule has 0 atom stereocenters. The Bertz CT molecular complexity index is 1230. The molecular weight excluding hydrogens is 459 g/mol. The summed E-state index contributed by atoms with van der Waals surface area (Å²) in [6, 6.07) is 7.81. The van der Waals surface area contributed by atoms with Crippen LogP contribution in [0.1, 0.15) is 27.1 Å². The van der Waals surface area contributed by atoms with Crippen molar-refractivity contribution in [2.75, 3.05) is 32.7 Å². The van der Waals surface area contributed by atoms with Crippen LogP contribution in [-0.4, -0.2) is 56.0 Å². The molecule has 0 fully saturated rings. The number of methoxy groups -OCH3 is 2. The number of halogens is 1. The van der Waals surface area contributed by atoms with Crippen LogP contribution in [0.5, 0.6) is 11.5 Å². The fourth-order valence-electron chi connectivity index (χ4n) is 2.93. The second-order valence-corrected chi connectivity index (χ2v) is 6.73. The standard InChI is InChI=1S/C25H21FN2O7/c1-5-22(29)27-19-15-20(33-3)21(14-17(19)25(32)34-4)35-13-9-12-28(23(30)6-2)24(31)16-10-7-8-11-18(16)26/h1-2,7-8,10-11,14-15H,9,12-13H2,3-4H3,(H,27,29). The second-order valence-electron chi connectivity index (χ2n) is 6.73. The minimum atomic E-state index is -0.933. The molecule has 2 aromatic rings. The van der Waals surface area contributed by atoms with Gasteiger partial charge in [0.15, 0.2) is 11.5 Å². The molecule has 10 heteroatoms. The van der Waals surface area contributed by atoms with Crippen molar-refractivity contribution in [3.05, 3.63) is 53.3 Å². The summed E-state index contributed by atoms with van der Waals surface area (Å²) in [7, 11) is 2.50. The van der Waals surface area contributed by atoms with E-state index in [1.54, 1.807) is 0 Å². The number of hydrogen-bond acceptors (Lipinski definition) is 7. The van der Waals surface area contributed by atoms with Gasteiger partial charge in [0.1, 0.15) is 5.82 Å². The Kier molecular flexibility index (Phi) is 9.38. The van der Waals surface area contributed by atoms with Crippen molar-refractivity contribution < 1.29 is 37.8 Å². The lowest BCUT2D eigenvalue weighted by molar-refractivity contribution is -0.122. The average Bonchev–Trinajstić information content (AvgIpc) is 2.87. The topological polar surface area (TPSA) is 111 Å². The van der Waals surface area contributed by atoms with Crippen molar-refractivity contribution >= 4 is 29.4 Å². The van der Waals surface area contributed by atoms with Gasteiger partial charge in [0, 0.05) is 18.7 Å². The molecule has 180 valence electrons. The van der Waals surface area contributed by atoms with Crippen molar-refractivity contribution in [1.29, 1.82) is 0 Å². The van der Waals surface area contributed by atoms with Gasteiger partial charge in [-0.05, 0) is 30.4 Å². The molecule has 0 spiro atoms. The summed E-state index contributed by atoms with van der Waals surface area (Å²) in [5, 5.41) is 2.37. The molecule has 0 aromatic heterocycles. The van der Waals surface area contributed by atoms with E-state index in [0.717, 1.165) is 18.1 Å². The van der Waals surface area contributed by atoms with E-state index in [9.17, 15) is 23.6 Å². The fraction of sp³-hybridized carbons (Fsp3) is 0.200. The molecule has 0 aliphatic carbocycles. The van der Waals surface area contributed by atoms with Gasteiger partial charge >= 0.3 is 11.9 Å². The molecular formula is C25H21FN2O7. The highest BCUT2D eigenvalue weighted by Gasteiger charge is 2.24. The molecule has 3 amide bonds. The number of benzene rings is 2. The third-order valence-electron chi connectivity index (χ3n) is 4.59. The Hall–Kier alpha value is -4.83. The number of nitrogens with one attached hydrogen (secondary N) is 1. The van der Waals surface area contributed by atoms with Crippen molar-refractivity contribution in [2.24, 2.45) is 0 Å². The number of nitrogens with zero attached hydrogens (tertiary/aromatic N) is 1. The van der Waals surface area contributed by atoms with Gasteiger partial charge in [-0.1, -0.05) is 12.1 Å². The van der Waals surface area contributed by atoms with E-state index >= 15 is 0 Å². The molecule has 0 unspecified atom stereocenters. The molecule has 0 aliphatic heterocycles. The van der Waals surface area contributed by atoms with E-state index in [-0.39, 0.29) is 47.9 Å². The number of esters is 1. The van der Waals surface area contributed by atoms with Crippen LogP contribution < -0.4 is 14.8 Å². The molecule has 35 heavy (non-hydrogen) atoms. The Labute approximate surface area is 201 Å². The molecule has 0 aliphatic rings. The lowest BCUT2D eigenvalue weighted by Gasteiger charge is -2.19. The first-order chi connectivity index (χ1) is 16.8. The Morgan fingerprint density at radius 1 is 1.03 bits per heavy atom. The maximum Gasteiger partial charge on any atom is 0.340 e. The third-order valence-corrected chi connectivity index (χ3v) is 4.59. The van der Waals surface area contributed by atoms with Gasteiger partial charge in [0.25, 0.3) is 11.8 Å². The number of rotatable bonds is 9. The van der Waals surface area contributed by atoms with Crippen molar-refractivity contribution in [2.45, 2.75) is 6.42 Å². The largest absolute Gasteiger partial charge is 0.493 e. The molecule has 0 heterocycles. The van der Waals surface area contributed by atoms with Gasteiger partial charge in [-0.3, -0.25) is 19.3 Å². The molecule has 2 aromatic carbocycles. The van der Waals surface area contributed by atoms with Crippen LogP contribution in [0, 0.1) is 30.5 Å². The fourth-order valence-corrected chi connectivity index (χ4v) is 2.93. The first-order valence-electron chi connectivity index (χ1n) is 10.0. The van der Waals surface area contributed by atoms with E-state index < -0.39 is 29.5 Å². The molecule has 2 rings (SSSR count). The van der Waals surface area contributed by atoms with E-state index in [1.807, 2.05) is 11.8 Å². The Morgan fingerprint density at radius 3 is 2.34 bits per heavy atom. The zero-order valence-corrected chi connectivity index (χ0v) is 18.9. The molecule has 0 radical (unpaired) electrons. The van der Waals surface area contributed by atoms with Crippen molar-refractivity contribution in [3.63, 3.8) is 0 Å². The molecule has 1 N–H and O–H groups in total. The highest BCUT2D eigenvalue weighted by Crippen LogP contribution is 2.34.